The minimum Gasteiger partial charge on any atom is -0.370 e. The van der Waals surface area contributed by atoms with Crippen LogP contribution in [-0.4, -0.2) is 26.3 Å². The molecule has 0 atom stereocenters. The molecule has 0 unspecified atom stereocenters. The SMILES string of the molecule is CCNc1ncnc(Sc2cnn(C)c2)c1C. The third-order valence-electron chi connectivity index (χ3n) is 2.28. The van der Waals surface area contributed by atoms with E-state index in [9.17, 15) is 0 Å². The minimum absolute atomic E-state index is 0.856. The van der Waals surface area contributed by atoms with Crippen LogP contribution in [0.2, 0.25) is 0 Å². The van der Waals surface area contributed by atoms with Crippen LogP contribution in [0.5, 0.6) is 0 Å². The van der Waals surface area contributed by atoms with Crippen LogP contribution in [0.25, 0.3) is 0 Å². The van der Waals surface area contributed by atoms with E-state index in [2.05, 4.69) is 27.3 Å². The van der Waals surface area contributed by atoms with Crippen LogP contribution in [0.1, 0.15) is 12.5 Å². The molecular weight excluding hydrogens is 234 g/mol. The van der Waals surface area contributed by atoms with Crippen molar-refractivity contribution in [2.75, 3.05) is 11.9 Å². The van der Waals surface area contributed by atoms with E-state index >= 15 is 0 Å². The van der Waals surface area contributed by atoms with Crippen LogP contribution in [0, 0.1) is 6.92 Å². The van der Waals surface area contributed by atoms with Gasteiger partial charge in [0.25, 0.3) is 0 Å². The topological polar surface area (TPSA) is 55.6 Å². The van der Waals surface area contributed by atoms with Gasteiger partial charge in [-0.25, -0.2) is 9.97 Å². The maximum absolute atomic E-state index is 4.30. The first-order valence-electron chi connectivity index (χ1n) is 5.42. The van der Waals surface area contributed by atoms with E-state index in [1.54, 1.807) is 22.8 Å². The second-order valence-corrected chi connectivity index (χ2v) is 4.70. The Morgan fingerprint density at radius 1 is 1.41 bits per heavy atom. The molecule has 1 N–H and O–H groups in total. The Balaban J connectivity index is 2.23. The molecule has 0 saturated carbocycles. The van der Waals surface area contributed by atoms with Crippen molar-refractivity contribution in [1.82, 2.24) is 19.7 Å². The van der Waals surface area contributed by atoms with Crippen LogP contribution in [0.4, 0.5) is 5.82 Å². The third-order valence-corrected chi connectivity index (χ3v) is 3.33. The summed E-state index contributed by atoms with van der Waals surface area (Å²) in [4.78, 5) is 9.60. The van der Waals surface area contributed by atoms with Crippen molar-refractivity contribution < 1.29 is 0 Å². The molecule has 2 rings (SSSR count). The highest BCUT2D eigenvalue weighted by molar-refractivity contribution is 7.99. The van der Waals surface area contributed by atoms with Crippen molar-refractivity contribution in [2.24, 2.45) is 7.05 Å². The third kappa shape index (κ3) is 2.76. The molecule has 0 aliphatic carbocycles. The lowest BCUT2D eigenvalue weighted by molar-refractivity contribution is 0.766. The Morgan fingerprint density at radius 3 is 2.88 bits per heavy atom. The highest BCUT2D eigenvalue weighted by atomic mass is 32.2. The Morgan fingerprint density at radius 2 is 2.24 bits per heavy atom. The summed E-state index contributed by atoms with van der Waals surface area (Å²) >= 11 is 1.60. The highest BCUT2D eigenvalue weighted by Gasteiger charge is 2.08. The van der Waals surface area contributed by atoms with Crippen LogP contribution in [0.3, 0.4) is 0 Å². The lowest BCUT2D eigenvalue weighted by Gasteiger charge is -2.08. The lowest BCUT2D eigenvalue weighted by atomic mass is 10.3. The summed E-state index contributed by atoms with van der Waals surface area (Å²) in [7, 11) is 1.90. The summed E-state index contributed by atoms with van der Waals surface area (Å²) in [6.07, 6.45) is 5.39. The van der Waals surface area contributed by atoms with Gasteiger partial charge in [0, 0.05) is 25.4 Å². The predicted octanol–water partition coefficient (Wildman–Crippen LogP) is 2.10. The minimum atomic E-state index is 0.856. The molecular formula is C11H15N5S. The number of aryl methyl sites for hydroxylation is 1. The molecule has 0 aromatic carbocycles. The van der Waals surface area contributed by atoms with Gasteiger partial charge in [0.15, 0.2) is 0 Å². The van der Waals surface area contributed by atoms with Gasteiger partial charge in [0.1, 0.15) is 17.2 Å². The molecule has 0 amide bonds. The van der Waals surface area contributed by atoms with E-state index in [1.165, 1.54) is 0 Å². The quantitative estimate of drug-likeness (QED) is 0.841. The molecule has 2 aromatic rings. The van der Waals surface area contributed by atoms with Crippen molar-refractivity contribution in [3.8, 4) is 0 Å². The Hall–Kier alpha value is -1.56. The molecule has 0 aliphatic heterocycles. The highest BCUT2D eigenvalue weighted by Crippen LogP contribution is 2.29. The number of hydrogen-bond acceptors (Lipinski definition) is 5. The summed E-state index contributed by atoms with van der Waals surface area (Å²) in [5.41, 5.74) is 1.07. The van der Waals surface area contributed by atoms with Crippen LogP contribution < -0.4 is 5.32 Å². The standard InChI is InChI=1S/C11H15N5S/c1-4-12-10-8(2)11(14-7-13-10)17-9-5-15-16(3)6-9/h5-7H,4H2,1-3H3,(H,12,13,14). The van der Waals surface area contributed by atoms with E-state index < -0.39 is 0 Å². The average Bonchev–Trinajstić information content (AvgIpc) is 2.70. The second-order valence-electron chi connectivity index (χ2n) is 3.63. The average molecular weight is 249 g/mol. The van der Waals surface area contributed by atoms with E-state index in [1.807, 2.05) is 26.4 Å². The molecule has 2 heterocycles. The van der Waals surface area contributed by atoms with E-state index in [-0.39, 0.29) is 0 Å². The number of aromatic nitrogens is 4. The van der Waals surface area contributed by atoms with Crippen molar-refractivity contribution in [3.05, 3.63) is 24.3 Å². The first-order chi connectivity index (χ1) is 8.20. The van der Waals surface area contributed by atoms with Gasteiger partial charge >= 0.3 is 0 Å². The zero-order valence-electron chi connectivity index (χ0n) is 10.1. The summed E-state index contributed by atoms with van der Waals surface area (Å²) in [5.74, 6) is 0.897. The van der Waals surface area contributed by atoms with E-state index in [0.717, 1.165) is 27.8 Å². The zero-order chi connectivity index (χ0) is 12.3. The van der Waals surface area contributed by atoms with Gasteiger partial charge < -0.3 is 5.32 Å². The fourth-order valence-corrected chi connectivity index (χ4v) is 2.32. The summed E-state index contributed by atoms with van der Waals surface area (Å²) in [6, 6.07) is 0. The van der Waals surface area contributed by atoms with Crippen molar-refractivity contribution in [2.45, 2.75) is 23.8 Å². The molecule has 5 nitrogen and oxygen atoms in total. The van der Waals surface area contributed by atoms with Gasteiger partial charge in [-0.15, -0.1) is 0 Å². The van der Waals surface area contributed by atoms with Crippen LogP contribution in [0.15, 0.2) is 28.6 Å². The lowest BCUT2D eigenvalue weighted by Crippen LogP contribution is -2.03. The van der Waals surface area contributed by atoms with E-state index in [4.69, 9.17) is 0 Å². The number of nitrogens with zero attached hydrogens (tertiary/aromatic N) is 4. The molecule has 2 aromatic heterocycles. The fraction of sp³-hybridized carbons (Fsp3) is 0.364. The van der Waals surface area contributed by atoms with Gasteiger partial charge in [-0.1, -0.05) is 11.8 Å². The molecule has 0 fully saturated rings. The monoisotopic (exact) mass is 249 g/mol. The summed E-state index contributed by atoms with van der Waals surface area (Å²) in [5, 5.41) is 8.32. The molecule has 0 bridgehead atoms. The molecule has 0 saturated heterocycles. The molecule has 0 aliphatic rings. The number of hydrogen-bond donors (Lipinski definition) is 1. The maximum Gasteiger partial charge on any atom is 0.133 e. The zero-order valence-corrected chi connectivity index (χ0v) is 11.0. The molecule has 6 heteroatoms. The van der Waals surface area contributed by atoms with Crippen molar-refractivity contribution in [3.63, 3.8) is 0 Å². The number of rotatable bonds is 4. The largest absolute Gasteiger partial charge is 0.370 e. The second kappa shape index (κ2) is 5.18. The Kier molecular flexibility index (Phi) is 3.63. The van der Waals surface area contributed by atoms with Crippen LogP contribution in [-0.2, 0) is 7.05 Å². The van der Waals surface area contributed by atoms with E-state index in [0.29, 0.717) is 0 Å². The van der Waals surface area contributed by atoms with Gasteiger partial charge in [-0.2, -0.15) is 5.10 Å². The Labute approximate surface area is 105 Å². The van der Waals surface area contributed by atoms with Crippen LogP contribution >= 0.6 is 11.8 Å². The molecule has 90 valence electrons. The Bertz CT molecular complexity index is 508. The number of anilines is 1. The van der Waals surface area contributed by atoms with Gasteiger partial charge in [0.2, 0.25) is 0 Å². The first kappa shape index (κ1) is 11.9. The summed E-state index contributed by atoms with van der Waals surface area (Å²) < 4.78 is 1.78. The number of nitrogens with one attached hydrogen (secondary N) is 1. The molecule has 0 radical (unpaired) electrons. The fourth-order valence-electron chi connectivity index (χ4n) is 1.45. The molecule has 0 spiro atoms. The predicted molar refractivity (Wildman–Crippen MR) is 68.3 cm³/mol. The van der Waals surface area contributed by atoms with Gasteiger partial charge in [-0.3, -0.25) is 4.68 Å². The first-order valence-corrected chi connectivity index (χ1v) is 6.24. The van der Waals surface area contributed by atoms with Crippen molar-refractivity contribution >= 4 is 17.6 Å². The van der Waals surface area contributed by atoms with Gasteiger partial charge in [0.05, 0.1) is 11.1 Å². The maximum atomic E-state index is 4.30. The normalized spacial score (nSPS) is 10.5. The smallest absolute Gasteiger partial charge is 0.133 e. The van der Waals surface area contributed by atoms with Gasteiger partial charge in [-0.05, 0) is 13.8 Å². The summed E-state index contributed by atoms with van der Waals surface area (Å²) in [6.45, 7) is 4.93. The molecule has 17 heavy (non-hydrogen) atoms. The van der Waals surface area contributed by atoms with Crippen molar-refractivity contribution in [1.29, 1.82) is 0 Å².